The van der Waals surface area contributed by atoms with Gasteiger partial charge in [-0.25, -0.2) is 13.8 Å². The number of hydrogen-bond acceptors (Lipinski definition) is 3. The first-order valence-corrected chi connectivity index (χ1v) is 8.39. The van der Waals surface area contributed by atoms with Crippen LogP contribution in [-0.2, 0) is 0 Å². The molecule has 0 bridgehead atoms. The molecule has 0 radical (unpaired) electrons. The summed E-state index contributed by atoms with van der Waals surface area (Å²) in [5, 5.41) is 20.3. The van der Waals surface area contributed by atoms with E-state index >= 15 is 0 Å². The molecule has 0 aliphatic heterocycles. The van der Waals surface area contributed by atoms with Gasteiger partial charge in [0.15, 0.2) is 0 Å². The number of imidazole rings is 1. The number of benzene rings is 2. The van der Waals surface area contributed by atoms with Crippen molar-refractivity contribution < 1.29 is 19.0 Å². The zero-order valence-corrected chi connectivity index (χ0v) is 14.7. The summed E-state index contributed by atoms with van der Waals surface area (Å²) in [6.07, 6.45) is 1.71. The Labute approximate surface area is 155 Å². The van der Waals surface area contributed by atoms with Crippen LogP contribution in [0.5, 0.6) is 11.5 Å². The van der Waals surface area contributed by atoms with E-state index in [0.717, 1.165) is 12.1 Å². The molecule has 7 heteroatoms. The Morgan fingerprint density at radius 1 is 0.923 bits per heavy atom. The lowest BCUT2D eigenvalue weighted by Crippen LogP contribution is -1.90. The van der Waals surface area contributed by atoms with Gasteiger partial charge in [0.05, 0.1) is 15.6 Å². The number of phenolic OH excluding ortho intramolecular Hbond substituents is 2. The summed E-state index contributed by atoms with van der Waals surface area (Å²) in [5.41, 5.74) is 1.50. The molecule has 0 saturated heterocycles. The Morgan fingerprint density at radius 2 is 1.73 bits per heavy atom. The summed E-state index contributed by atoms with van der Waals surface area (Å²) in [6, 6.07) is 11.3. The first-order valence-electron chi connectivity index (χ1n) is 7.60. The van der Waals surface area contributed by atoms with Gasteiger partial charge in [-0.1, -0.05) is 6.07 Å². The lowest BCUT2D eigenvalue weighted by molar-refractivity contribution is 0.470. The quantitative estimate of drug-likeness (QED) is 0.476. The molecule has 2 aromatic heterocycles. The summed E-state index contributed by atoms with van der Waals surface area (Å²) in [5.74, 6) is -1.22. The second-order valence-electron chi connectivity index (χ2n) is 5.68. The molecule has 130 valence electrons. The molecular formula is C19H11BrF2N2O2. The summed E-state index contributed by atoms with van der Waals surface area (Å²) in [4.78, 5) is 4.50. The van der Waals surface area contributed by atoms with E-state index in [1.807, 2.05) is 0 Å². The van der Waals surface area contributed by atoms with E-state index in [-0.39, 0.29) is 21.5 Å². The van der Waals surface area contributed by atoms with E-state index in [2.05, 4.69) is 20.9 Å². The molecule has 4 nitrogen and oxygen atoms in total. The van der Waals surface area contributed by atoms with Gasteiger partial charge in [0.2, 0.25) is 0 Å². The van der Waals surface area contributed by atoms with Crippen LogP contribution in [0.25, 0.3) is 28.2 Å². The number of phenols is 2. The van der Waals surface area contributed by atoms with Crippen molar-refractivity contribution in [3.63, 3.8) is 0 Å². The number of aromatic nitrogens is 2. The highest BCUT2D eigenvalue weighted by molar-refractivity contribution is 9.10. The number of hydrogen-bond donors (Lipinski definition) is 2. The number of pyridine rings is 1. The maximum Gasteiger partial charge on any atom is 0.149 e. The van der Waals surface area contributed by atoms with E-state index in [1.54, 1.807) is 28.8 Å². The molecule has 4 aromatic rings. The molecule has 0 amide bonds. The highest BCUT2D eigenvalue weighted by Gasteiger charge is 2.20. The van der Waals surface area contributed by atoms with Gasteiger partial charge in [-0.3, -0.25) is 4.40 Å². The Kier molecular flexibility index (Phi) is 3.88. The topological polar surface area (TPSA) is 57.8 Å². The molecule has 2 heterocycles. The van der Waals surface area contributed by atoms with Gasteiger partial charge >= 0.3 is 0 Å². The third-order valence-electron chi connectivity index (χ3n) is 4.04. The van der Waals surface area contributed by atoms with Crippen molar-refractivity contribution >= 4 is 21.4 Å². The smallest absolute Gasteiger partial charge is 0.149 e. The van der Waals surface area contributed by atoms with Crippen LogP contribution in [0.3, 0.4) is 0 Å². The predicted octanol–water partition coefficient (Wildman–Crippen LogP) is 5.12. The number of aromatic hydroxyl groups is 2. The number of rotatable bonds is 2. The van der Waals surface area contributed by atoms with Crippen LogP contribution >= 0.6 is 15.9 Å². The lowest BCUT2D eigenvalue weighted by Gasteiger charge is -2.04. The Balaban J connectivity index is 2.05. The van der Waals surface area contributed by atoms with Crippen molar-refractivity contribution in [3.8, 4) is 34.1 Å². The normalized spacial score (nSPS) is 11.2. The maximum absolute atomic E-state index is 13.7. The van der Waals surface area contributed by atoms with Crippen molar-refractivity contribution in [2.24, 2.45) is 0 Å². The average Bonchev–Trinajstić information content (AvgIpc) is 3.00. The first-order chi connectivity index (χ1) is 12.5. The standard InChI is InChI=1S/C19H11BrF2N2O2/c20-13-8-11(17(26)9-14(13)22)18-15-3-1-2-6-24(15)19(23-18)12-7-10(21)4-5-16(12)25/h1-9,25-26H. The molecular weight excluding hydrogens is 406 g/mol. The largest absolute Gasteiger partial charge is 0.507 e. The number of halogens is 3. The summed E-state index contributed by atoms with van der Waals surface area (Å²) < 4.78 is 29.2. The minimum absolute atomic E-state index is 0.127. The van der Waals surface area contributed by atoms with Crippen molar-refractivity contribution in [1.82, 2.24) is 9.38 Å². The minimum Gasteiger partial charge on any atom is -0.507 e. The summed E-state index contributed by atoms with van der Waals surface area (Å²) in [6.45, 7) is 0. The van der Waals surface area contributed by atoms with Crippen LogP contribution in [0.4, 0.5) is 8.78 Å². The number of fused-ring (bicyclic) bond motifs is 1. The van der Waals surface area contributed by atoms with E-state index < -0.39 is 11.6 Å². The fraction of sp³-hybridized carbons (Fsp3) is 0. The van der Waals surface area contributed by atoms with Crippen molar-refractivity contribution in [2.75, 3.05) is 0 Å². The molecule has 0 aliphatic carbocycles. The van der Waals surface area contributed by atoms with Crippen molar-refractivity contribution in [2.45, 2.75) is 0 Å². The molecule has 2 N–H and O–H groups in total. The average molecular weight is 417 g/mol. The van der Waals surface area contributed by atoms with Crippen LogP contribution < -0.4 is 0 Å². The molecule has 0 aliphatic rings. The zero-order valence-electron chi connectivity index (χ0n) is 13.1. The third-order valence-corrected chi connectivity index (χ3v) is 4.65. The molecule has 26 heavy (non-hydrogen) atoms. The zero-order chi connectivity index (χ0) is 18.4. The lowest BCUT2D eigenvalue weighted by atomic mass is 10.1. The van der Waals surface area contributed by atoms with Crippen LogP contribution in [0.1, 0.15) is 0 Å². The summed E-state index contributed by atoms with van der Waals surface area (Å²) in [7, 11) is 0. The fourth-order valence-corrected chi connectivity index (χ4v) is 3.18. The van der Waals surface area contributed by atoms with Gasteiger partial charge in [0.25, 0.3) is 0 Å². The monoisotopic (exact) mass is 416 g/mol. The van der Waals surface area contributed by atoms with E-state index in [0.29, 0.717) is 22.6 Å². The first kappa shape index (κ1) is 16.5. The molecule has 4 rings (SSSR count). The maximum atomic E-state index is 13.7. The van der Waals surface area contributed by atoms with Gasteiger partial charge in [0, 0.05) is 17.8 Å². The van der Waals surface area contributed by atoms with E-state index in [4.69, 9.17) is 0 Å². The molecule has 0 fully saturated rings. The van der Waals surface area contributed by atoms with E-state index in [1.165, 1.54) is 18.2 Å². The minimum atomic E-state index is -0.599. The second-order valence-corrected chi connectivity index (χ2v) is 6.54. The van der Waals surface area contributed by atoms with Gasteiger partial charge in [-0.2, -0.15) is 0 Å². The van der Waals surface area contributed by atoms with Gasteiger partial charge in [-0.15, -0.1) is 0 Å². The van der Waals surface area contributed by atoms with Crippen LogP contribution in [-0.4, -0.2) is 19.6 Å². The van der Waals surface area contributed by atoms with E-state index in [9.17, 15) is 19.0 Å². The molecule has 0 atom stereocenters. The Hall–Kier alpha value is -2.93. The molecule has 0 unspecified atom stereocenters. The fourth-order valence-electron chi connectivity index (χ4n) is 2.84. The Bertz CT molecular complexity index is 1160. The SMILES string of the molecule is Oc1cc(F)c(Br)cc1-c1nc(-c2cc(F)ccc2O)n2ccccc12. The molecule has 0 spiro atoms. The van der Waals surface area contributed by atoms with Crippen LogP contribution in [0, 0.1) is 11.6 Å². The predicted molar refractivity (Wildman–Crippen MR) is 97.0 cm³/mol. The van der Waals surface area contributed by atoms with Crippen LogP contribution in [0.15, 0.2) is 59.2 Å². The van der Waals surface area contributed by atoms with Crippen molar-refractivity contribution in [1.29, 1.82) is 0 Å². The van der Waals surface area contributed by atoms with Crippen molar-refractivity contribution in [3.05, 3.63) is 70.8 Å². The summed E-state index contributed by atoms with van der Waals surface area (Å²) >= 11 is 3.10. The van der Waals surface area contributed by atoms with Gasteiger partial charge in [0.1, 0.15) is 34.7 Å². The third kappa shape index (κ3) is 2.61. The van der Waals surface area contributed by atoms with Gasteiger partial charge in [-0.05, 0) is 52.3 Å². The molecule has 0 saturated carbocycles. The molecule has 2 aromatic carbocycles. The Morgan fingerprint density at radius 3 is 2.54 bits per heavy atom. The van der Waals surface area contributed by atoms with Gasteiger partial charge < -0.3 is 10.2 Å². The second kappa shape index (κ2) is 6.10. The van der Waals surface area contributed by atoms with Crippen LogP contribution in [0.2, 0.25) is 0 Å². The highest BCUT2D eigenvalue weighted by Crippen LogP contribution is 2.38. The number of nitrogens with zero attached hydrogens (tertiary/aromatic N) is 2. The highest BCUT2D eigenvalue weighted by atomic mass is 79.9.